The van der Waals surface area contributed by atoms with Crippen LogP contribution >= 0.6 is 11.6 Å². The second-order valence-corrected chi connectivity index (χ2v) is 20.7. The van der Waals surface area contributed by atoms with Crippen molar-refractivity contribution in [1.82, 2.24) is 34.5 Å². The fourth-order valence-corrected chi connectivity index (χ4v) is 11.8. The van der Waals surface area contributed by atoms with Crippen molar-refractivity contribution < 1.29 is 23.1 Å². The van der Waals surface area contributed by atoms with Crippen LogP contribution in [-0.4, -0.2) is 105 Å². The Bertz CT molecular complexity index is 2830. The van der Waals surface area contributed by atoms with Gasteiger partial charge in [-0.2, -0.15) is 10.1 Å². The summed E-state index contributed by atoms with van der Waals surface area (Å²) >= 11 is 6.68. The summed E-state index contributed by atoms with van der Waals surface area (Å²) in [5, 5.41) is 15.5. The highest BCUT2D eigenvalue weighted by Crippen LogP contribution is 2.47. The van der Waals surface area contributed by atoms with Gasteiger partial charge in [0, 0.05) is 75.4 Å². The van der Waals surface area contributed by atoms with Gasteiger partial charge in [-0.05, 0) is 124 Å². The highest BCUT2D eigenvalue weighted by molar-refractivity contribution is 6.33. The van der Waals surface area contributed by atoms with Crippen molar-refractivity contribution in [3.8, 4) is 5.75 Å². The molecule has 4 atom stereocenters. The molecule has 2 aromatic carbocycles. The molecule has 3 aromatic heterocycles. The van der Waals surface area contributed by atoms with Gasteiger partial charge < -0.3 is 34.6 Å². The van der Waals surface area contributed by atoms with Crippen molar-refractivity contribution >= 4 is 74.0 Å². The molecular formula is C49H58ClF2N11O4. The average molecular weight is 939 g/mol. The number of anilines is 5. The first-order valence-electron chi connectivity index (χ1n) is 24.0. The lowest BCUT2D eigenvalue weighted by Crippen LogP contribution is -2.49. The number of pyridine rings is 1. The molecule has 5 aliphatic heterocycles. The zero-order valence-electron chi connectivity index (χ0n) is 38.3. The third kappa shape index (κ3) is 8.23. The van der Waals surface area contributed by atoms with E-state index in [2.05, 4.69) is 60.8 Å². The van der Waals surface area contributed by atoms with Gasteiger partial charge >= 0.3 is 5.92 Å². The number of ether oxygens (including phenoxy) is 1. The molecule has 5 aromatic rings. The maximum Gasteiger partial charge on any atom is 0.301 e. The number of carbonyl (C=O) groups excluding carboxylic acids is 2. The lowest BCUT2D eigenvalue weighted by Gasteiger charge is -2.48. The molecule has 67 heavy (non-hydrogen) atoms. The van der Waals surface area contributed by atoms with Gasteiger partial charge in [0.15, 0.2) is 12.4 Å². The minimum Gasteiger partial charge on any atom is -0.480 e. The maximum atomic E-state index is 15.2. The number of benzene rings is 2. The summed E-state index contributed by atoms with van der Waals surface area (Å²) in [6, 6.07) is 10.8. The van der Waals surface area contributed by atoms with Crippen molar-refractivity contribution in [1.29, 1.82) is 0 Å². The molecule has 18 heteroatoms. The minimum absolute atomic E-state index is 0.0970. The molecule has 8 heterocycles. The van der Waals surface area contributed by atoms with Crippen LogP contribution in [0.3, 0.4) is 0 Å². The van der Waals surface area contributed by atoms with E-state index in [0.717, 1.165) is 81.7 Å². The number of carbonyl (C=O) groups is 2. The van der Waals surface area contributed by atoms with Crippen LogP contribution in [0.15, 0.2) is 47.4 Å². The van der Waals surface area contributed by atoms with Crippen LogP contribution in [0.5, 0.6) is 5.75 Å². The normalized spacial score (nSPS) is 25.4. The summed E-state index contributed by atoms with van der Waals surface area (Å²) in [4.78, 5) is 54.7. The van der Waals surface area contributed by atoms with Gasteiger partial charge in [-0.15, -0.1) is 0 Å². The summed E-state index contributed by atoms with van der Waals surface area (Å²) in [5.74, 6) is -2.06. The predicted molar refractivity (Wildman–Crippen MR) is 255 cm³/mol. The van der Waals surface area contributed by atoms with Crippen LogP contribution in [0, 0.1) is 23.2 Å². The van der Waals surface area contributed by atoms with Crippen molar-refractivity contribution in [2.75, 3.05) is 72.9 Å². The Morgan fingerprint density at radius 3 is 2.43 bits per heavy atom. The van der Waals surface area contributed by atoms with Gasteiger partial charge in [0.25, 0.3) is 5.56 Å². The number of piperidine rings is 4. The van der Waals surface area contributed by atoms with Gasteiger partial charge in [-0.25, -0.2) is 13.8 Å². The maximum absolute atomic E-state index is 15.2. The monoisotopic (exact) mass is 937 g/mol. The quantitative estimate of drug-likeness (QED) is 0.135. The molecule has 6 aliphatic rings. The van der Waals surface area contributed by atoms with Gasteiger partial charge in [-0.3, -0.25) is 24.4 Å². The number of halogens is 3. The molecule has 0 radical (unpaired) electrons. The van der Waals surface area contributed by atoms with Crippen LogP contribution in [0.4, 0.5) is 37.6 Å². The molecule has 11 rings (SSSR count). The minimum atomic E-state index is -3.13. The lowest BCUT2D eigenvalue weighted by atomic mass is 9.71. The Kier molecular flexibility index (Phi) is 11.1. The Morgan fingerprint density at radius 2 is 1.69 bits per heavy atom. The van der Waals surface area contributed by atoms with Crippen LogP contribution in [0.1, 0.15) is 76.3 Å². The number of fused-ring (bicyclic) bond motifs is 4. The van der Waals surface area contributed by atoms with Crippen LogP contribution in [0.25, 0.3) is 21.8 Å². The van der Waals surface area contributed by atoms with E-state index >= 15 is 8.78 Å². The molecule has 3 N–H and O–H groups in total. The van der Waals surface area contributed by atoms with Crippen LogP contribution < -0.4 is 36.0 Å². The van der Waals surface area contributed by atoms with E-state index in [1.807, 2.05) is 23.9 Å². The van der Waals surface area contributed by atoms with Crippen molar-refractivity contribution in [2.45, 2.75) is 82.6 Å². The number of imide groups is 1. The standard InChI is InChI=1S/C49H58ClF2N11O4/c1-28-25-63(32-7-8-33-38(23-32)60(3)58-40(33)34-9-11-39(64)55-45(34)65)17-12-30(28)26-61-18-13-48(14-19-61)15-20-62(21-16-48)47-53-24-36(50)44(57-47)54-31-6-10-37-35(22-31)41-42(46(66)59(37)2)67-27-49(51,52)43(56-41)29-4-5-29/h6-8,10,22-24,28-30,34,43,56H,4-5,9,11-21,25-27H2,1-3H3,(H,53,54,57)(H,55,64,65)/t28-,30-,34?,43+/m1/s1. The van der Waals surface area contributed by atoms with E-state index in [9.17, 15) is 14.4 Å². The first-order valence-corrected chi connectivity index (χ1v) is 24.4. The predicted octanol–water partition coefficient (Wildman–Crippen LogP) is 7.20. The van der Waals surface area contributed by atoms with Gasteiger partial charge in [0.1, 0.15) is 5.02 Å². The number of nitrogens with one attached hydrogen (secondary N) is 3. The number of hydrogen-bond donors (Lipinski definition) is 3. The molecule has 1 spiro atoms. The summed E-state index contributed by atoms with van der Waals surface area (Å²) < 4.78 is 39.3. The number of nitrogens with zero attached hydrogens (tertiary/aromatic N) is 8. The van der Waals surface area contributed by atoms with Crippen LogP contribution in [-0.2, 0) is 23.7 Å². The third-order valence-electron chi connectivity index (χ3n) is 16.0. The molecule has 1 saturated carbocycles. The molecule has 2 amide bonds. The summed E-state index contributed by atoms with van der Waals surface area (Å²) in [6.07, 6.45) is 9.51. The van der Waals surface area contributed by atoms with Crippen molar-refractivity contribution in [3.05, 3.63) is 63.7 Å². The topological polar surface area (TPSA) is 155 Å². The number of likely N-dealkylation sites (tertiary alicyclic amines) is 1. The van der Waals surface area contributed by atoms with E-state index < -0.39 is 30.0 Å². The van der Waals surface area contributed by atoms with E-state index in [4.69, 9.17) is 26.4 Å². The number of amides is 2. The second-order valence-electron chi connectivity index (χ2n) is 20.3. The molecule has 1 unspecified atom stereocenters. The molecule has 1 aliphatic carbocycles. The SMILES string of the molecule is C[C@@H]1CN(c2ccc3c(C4CCC(=O)NC4=O)nn(C)c3c2)CC[C@@H]1CN1CCC2(CC1)CCN(c1ncc(Cl)c(Nc3ccc4c(c3)c3c(c(=O)n4C)OCC(F)(F)[C@H](C4CC4)N3)n1)CC2. The second kappa shape index (κ2) is 16.9. The van der Waals surface area contributed by atoms with Gasteiger partial charge in [0.2, 0.25) is 23.5 Å². The summed E-state index contributed by atoms with van der Waals surface area (Å²) in [5.41, 5.74) is 4.28. The van der Waals surface area contributed by atoms with Crippen molar-refractivity contribution in [3.63, 3.8) is 0 Å². The number of alkyl halides is 2. The highest BCUT2D eigenvalue weighted by Gasteiger charge is 2.51. The zero-order valence-corrected chi connectivity index (χ0v) is 39.0. The van der Waals surface area contributed by atoms with Gasteiger partial charge in [-0.1, -0.05) is 18.5 Å². The number of aryl methyl sites for hydroxylation is 2. The van der Waals surface area contributed by atoms with E-state index in [1.165, 1.54) is 23.1 Å². The molecule has 5 fully saturated rings. The Labute approximate surface area is 392 Å². The smallest absolute Gasteiger partial charge is 0.301 e. The first-order chi connectivity index (χ1) is 32.2. The Balaban J connectivity index is 0.694. The highest BCUT2D eigenvalue weighted by atomic mass is 35.5. The Hall–Kier alpha value is -5.55. The third-order valence-corrected chi connectivity index (χ3v) is 16.3. The van der Waals surface area contributed by atoms with E-state index in [1.54, 1.807) is 19.3 Å². The number of hydrogen-bond acceptors (Lipinski definition) is 12. The van der Waals surface area contributed by atoms with E-state index in [-0.39, 0.29) is 29.2 Å². The number of aromatic nitrogens is 5. The zero-order chi connectivity index (χ0) is 46.4. The molecule has 4 saturated heterocycles. The summed E-state index contributed by atoms with van der Waals surface area (Å²) in [7, 11) is 3.54. The molecule has 354 valence electrons. The molecule has 0 bridgehead atoms. The first kappa shape index (κ1) is 44.0. The summed E-state index contributed by atoms with van der Waals surface area (Å²) in [6.45, 7) is 8.59. The van der Waals surface area contributed by atoms with Gasteiger partial charge in [0.05, 0.1) is 40.6 Å². The fourth-order valence-electron chi connectivity index (χ4n) is 11.6. The molecule has 15 nitrogen and oxygen atoms in total. The average Bonchev–Trinajstić information content (AvgIpc) is 4.12. The largest absolute Gasteiger partial charge is 0.480 e. The fraction of sp³-hybridized carbons (Fsp3) is 0.551. The van der Waals surface area contributed by atoms with Crippen LogP contribution in [0.2, 0.25) is 5.02 Å². The molecular weight excluding hydrogens is 880 g/mol. The Morgan fingerprint density at radius 1 is 0.910 bits per heavy atom. The lowest BCUT2D eigenvalue weighted by molar-refractivity contribution is -0.134. The van der Waals surface area contributed by atoms with E-state index in [0.29, 0.717) is 76.3 Å². The van der Waals surface area contributed by atoms with Crippen molar-refractivity contribution in [2.24, 2.45) is 37.3 Å². The number of rotatable bonds is 8.